The molecule has 25 heavy (non-hydrogen) atoms. The molecule has 3 rings (SSSR count). The standard InChI is InChI=1S/C17H17N3O5/c1-23-10-9-14-18-16(13-7-8-15(24-2)25-13)20(19-14)12-6-4-3-5-11(12)17(21)22/h3-8H,9-10H2,1-2H3,(H,21,22). The molecule has 1 aromatic carbocycles. The summed E-state index contributed by atoms with van der Waals surface area (Å²) in [5, 5.41) is 13.9. The van der Waals surface area contributed by atoms with E-state index >= 15 is 0 Å². The highest BCUT2D eigenvalue weighted by molar-refractivity contribution is 5.92. The van der Waals surface area contributed by atoms with Gasteiger partial charge in [0, 0.05) is 19.6 Å². The second-order valence-corrected chi connectivity index (χ2v) is 5.15. The highest BCUT2D eigenvalue weighted by Crippen LogP contribution is 2.28. The summed E-state index contributed by atoms with van der Waals surface area (Å²) in [5.74, 6) is 0.616. The number of hydrogen-bond acceptors (Lipinski definition) is 6. The number of nitrogens with zero attached hydrogens (tertiary/aromatic N) is 3. The first-order chi connectivity index (χ1) is 12.1. The average Bonchev–Trinajstić information content (AvgIpc) is 3.26. The number of carbonyl (C=O) groups is 1. The van der Waals surface area contributed by atoms with Crippen LogP contribution in [-0.2, 0) is 11.2 Å². The van der Waals surface area contributed by atoms with E-state index < -0.39 is 5.97 Å². The molecule has 8 heteroatoms. The molecule has 130 valence electrons. The van der Waals surface area contributed by atoms with Crippen LogP contribution < -0.4 is 4.74 Å². The Morgan fingerprint density at radius 3 is 2.72 bits per heavy atom. The largest absolute Gasteiger partial charge is 0.478 e. The minimum atomic E-state index is -1.05. The average molecular weight is 343 g/mol. The van der Waals surface area contributed by atoms with Gasteiger partial charge in [-0.15, -0.1) is 0 Å². The van der Waals surface area contributed by atoms with Crippen molar-refractivity contribution in [2.75, 3.05) is 20.8 Å². The first-order valence-corrected chi connectivity index (χ1v) is 7.55. The molecule has 0 saturated carbocycles. The minimum Gasteiger partial charge on any atom is -0.478 e. The second-order valence-electron chi connectivity index (χ2n) is 5.15. The number of methoxy groups -OCH3 is 2. The minimum absolute atomic E-state index is 0.116. The third-order valence-electron chi connectivity index (χ3n) is 3.55. The lowest BCUT2D eigenvalue weighted by molar-refractivity contribution is 0.0696. The van der Waals surface area contributed by atoms with E-state index in [-0.39, 0.29) is 5.56 Å². The Morgan fingerprint density at radius 2 is 2.04 bits per heavy atom. The van der Waals surface area contributed by atoms with E-state index in [1.54, 1.807) is 37.4 Å². The van der Waals surface area contributed by atoms with Crippen molar-refractivity contribution in [2.24, 2.45) is 0 Å². The van der Waals surface area contributed by atoms with Crippen molar-refractivity contribution in [1.29, 1.82) is 0 Å². The van der Waals surface area contributed by atoms with Crippen molar-refractivity contribution in [3.05, 3.63) is 47.8 Å². The normalized spacial score (nSPS) is 10.8. The van der Waals surface area contributed by atoms with Crippen LogP contribution in [0.25, 0.3) is 17.3 Å². The van der Waals surface area contributed by atoms with E-state index in [0.717, 1.165) is 0 Å². The Hall–Kier alpha value is -3.13. The maximum Gasteiger partial charge on any atom is 0.337 e. The number of aromatic carboxylic acids is 1. The van der Waals surface area contributed by atoms with Crippen LogP contribution in [0.4, 0.5) is 0 Å². The lowest BCUT2D eigenvalue weighted by atomic mass is 10.2. The highest BCUT2D eigenvalue weighted by Gasteiger charge is 2.20. The maximum absolute atomic E-state index is 11.5. The Labute approximate surface area is 143 Å². The summed E-state index contributed by atoms with van der Waals surface area (Å²) >= 11 is 0. The Balaban J connectivity index is 2.14. The van der Waals surface area contributed by atoms with Gasteiger partial charge in [-0.3, -0.25) is 0 Å². The number of hydrogen-bond donors (Lipinski definition) is 1. The molecule has 0 bridgehead atoms. The van der Waals surface area contributed by atoms with Gasteiger partial charge in [-0.1, -0.05) is 12.1 Å². The van der Waals surface area contributed by atoms with Gasteiger partial charge in [-0.25, -0.2) is 14.5 Å². The highest BCUT2D eigenvalue weighted by atomic mass is 16.6. The van der Waals surface area contributed by atoms with Crippen molar-refractivity contribution in [2.45, 2.75) is 6.42 Å². The fourth-order valence-electron chi connectivity index (χ4n) is 2.37. The maximum atomic E-state index is 11.5. The van der Waals surface area contributed by atoms with E-state index in [9.17, 15) is 9.90 Å². The summed E-state index contributed by atoms with van der Waals surface area (Å²) in [5.41, 5.74) is 0.516. The number of ether oxygens (including phenoxy) is 2. The van der Waals surface area contributed by atoms with E-state index in [4.69, 9.17) is 13.9 Å². The zero-order valence-electron chi connectivity index (χ0n) is 13.8. The molecule has 0 fully saturated rings. The van der Waals surface area contributed by atoms with Crippen molar-refractivity contribution in [3.63, 3.8) is 0 Å². The summed E-state index contributed by atoms with van der Waals surface area (Å²) < 4.78 is 17.2. The summed E-state index contributed by atoms with van der Waals surface area (Å²) in [6.07, 6.45) is 0.490. The first kappa shape index (κ1) is 16.7. The lowest BCUT2D eigenvalue weighted by Crippen LogP contribution is -2.08. The molecule has 8 nitrogen and oxygen atoms in total. The third kappa shape index (κ3) is 3.38. The Morgan fingerprint density at radius 1 is 1.24 bits per heavy atom. The predicted octanol–water partition coefficient (Wildman–Crippen LogP) is 2.42. The predicted molar refractivity (Wildman–Crippen MR) is 88.2 cm³/mol. The van der Waals surface area contributed by atoms with Gasteiger partial charge >= 0.3 is 5.97 Å². The molecule has 0 unspecified atom stereocenters. The quantitative estimate of drug-likeness (QED) is 0.703. The van der Waals surface area contributed by atoms with Gasteiger partial charge in [0.1, 0.15) is 0 Å². The molecular weight excluding hydrogens is 326 g/mol. The molecule has 3 aromatic rings. The third-order valence-corrected chi connectivity index (χ3v) is 3.55. The van der Waals surface area contributed by atoms with Crippen LogP contribution in [0.2, 0.25) is 0 Å². The van der Waals surface area contributed by atoms with Gasteiger partial charge in [0.25, 0.3) is 5.95 Å². The fourth-order valence-corrected chi connectivity index (χ4v) is 2.37. The van der Waals surface area contributed by atoms with Crippen LogP contribution in [0.5, 0.6) is 5.95 Å². The van der Waals surface area contributed by atoms with Gasteiger partial charge in [0.15, 0.2) is 17.4 Å². The molecule has 0 saturated heterocycles. The Bertz CT molecular complexity index is 884. The summed E-state index contributed by atoms with van der Waals surface area (Å²) in [6.45, 7) is 0.450. The molecule has 2 aromatic heterocycles. The SMILES string of the molecule is COCCc1nc(-c2ccc(OC)o2)n(-c2ccccc2C(=O)O)n1. The second kappa shape index (κ2) is 7.18. The molecule has 1 N–H and O–H groups in total. The zero-order chi connectivity index (χ0) is 17.8. The topological polar surface area (TPSA) is 99.6 Å². The lowest BCUT2D eigenvalue weighted by Gasteiger charge is -2.07. The molecule has 0 aliphatic heterocycles. The van der Waals surface area contributed by atoms with Crippen molar-refractivity contribution in [3.8, 4) is 23.2 Å². The number of rotatable bonds is 7. The summed E-state index contributed by atoms with van der Waals surface area (Å²) in [6, 6.07) is 9.94. The summed E-state index contributed by atoms with van der Waals surface area (Å²) in [4.78, 5) is 16.0. The van der Waals surface area contributed by atoms with E-state index in [1.807, 2.05) is 0 Å². The van der Waals surface area contributed by atoms with Crippen LogP contribution in [0.3, 0.4) is 0 Å². The Kier molecular flexibility index (Phi) is 4.80. The van der Waals surface area contributed by atoms with E-state index in [2.05, 4.69) is 10.1 Å². The van der Waals surface area contributed by atoms with Crippen LogP contribution in [0.1, 0.15) is 16.2 Å². The molecule has 0 spiro atoms. The fraction of sp³-hybridized carbons (Fsp3) is 0.235. The van der Waals surface area contributed by atoms with Gasteiger partial charge in [0.05, 0.1) is 25.0 Å². The summed E-state index contributed by atoms with van der Waals surface area (Å²) in [7, 11) is 3.09. The first-order valence-electron chi connectivity index (χ1n) is 7.55. The molecular formula is C17H17N3O5. The zero-order valence-corrected chi connectivity index (χ0v) is 13.8. The molecule has 0 atom stereocenters. The van der Waals surface area contributed by atoms with Crippen molar-refractivity contribution in [1.82, 2.24) is 14.8 Å². The van der Waals surface area contributed by atoms with Crippen LogP contribution in [0.15, 0.2) is 40.8 Å². The number of furan rings is 1. The van der Waals surface area contributed by atoms with Crippen molar-refractivity contribution >= 4 is 5.97 Å². The van der Waals surface area contributed by atoms with Crippen LogP contribution in [0, 0.1) is 0 Å². The van der Waals surface area contributed by atoms with Crippen LogP contribution in [-0.4, -0.2) is 46.7 Å². The molecule has 0 aliphatic carbocycles. The van der Waals surface area contributed by atoms with Gasteiger partial charge in [-0.05, 0) is 18.2 Å². The number of carboxylic acids is 1. The molecule has 2 heterocycles. The molecule has 0 amide bonds. The van der Waals surface area contributed by atoms with Gasteiger partial charge in [0.2, 0.25) is 0 Å². The van der Waals surface area contributed by atoms with Gasteiger partial charge in [-0.2, -0.15) is 5.10 Å². The molecule has 0 radical (unpaired) electrons. The molecule has 0 aliphatic rings. The number of carboxylic acid groups (broad SMARTS) is 1. The van der Waals surface area contributed by atoms with E-state index in [0.29, 0.717) is 42.1 Å². The number of benzene rings is 1. The number of aromatic nitrogens is 3. The van der Waals surface area contributed by atoms with Gasteiger partial charge < -0.3 is 19.0 Å². The van der Waals surface area contributed by atoms with E-state index in [1.165, 1.54) is 17.9 Å². The van der Waals surface area contributed by atoms with Crippen molar-refractivity contribution < 1.29 is 23.8 Å². The number of para-hydroxylation sites is 1. The van der Waals surface area contributed by atoms with Crippen LogP contribution >= 0.6 is 0 Å². The smallest absolute Gasteiger partial charge is 0.337 e. The monoisotopic (exact) mass is 343 g/mol.